The number of nitrogens with zero attached hydrogens (tertiary/aromatic N) is 1. The van der Waals surface area contributed by atoms with Gasteiger partial charge in [0.15, 0.2) is 6.04 Å². The maximum Gasteiger partial charge on any atom is 0.330 e. The highest BCUT2D eigenvalue weighted by molar-refractivity contribution is 7.89. The van der Waals surface area contributed by atoms with E-state index in [1.165, 1.54) is 12.1 Å². The molecule has 0 unspecified atom stereocenters. The first-order chi connectivity index (χ1) is 12.4. The third-order valence-corrected chi connectivity index (χ3v) is 5.44. The Morgan fingerprint density at radius 3 is 2.31 bits per heavy atom. The van der Waals surface area contributed by atoms with Crippen molar-refractivity contribution in [2.24, 2.45) is 0 Å². The van der Waals surface area contributed by atoms with Gasteiger partial charge in [-0.05, 0) is 24.6 Å². The molecule has 0 aliphatic heterocycles. The molecule has 0 fully saturated rings. The number of aliphatic carboxylic acids is 1. The van der Waals surface area contributed by atoms with Crippen molar-refractivity contribution in [2.75, 3.05) is 6.61 Å². The summed E-state index contributed by atoms with van der Waals surface area (Å²) in [5.41, 5.74) is 1.64. The third-order valence-electron chi connectivity index (χ3n) is 3.68. The van der Waals surface area contributed by atoms with Gasteiger partial charge in [-0.15, -0.1) is 0 Å². The van der Waals surface area contributed by atoms with Gasteiger partial charge in [-0.2, -0.15) is 0 Å². The van der Waals surface area contributed by atoms with Gasteiger partial charge < -0.3 is 9.84 Å². The van der Waals surface area contributed by atoms with Crippen LogP contribution >= 0.6 is 0 Å². The number of sulfonamides is 1. The normalized spacial score (nSPS) is 12.3. The zero-order valence-electron chi connectivity index (χ0n) is 14.1. The number of hydrogen-bond acceptors (Lipinski definition) is 5. The maximum absolute atomic E-state index is 12.6. The molecule has 1 N–H and O–H groups in total. The summed E-state index contributed by atoms with van der Waals surface area (Å²) in [7, 11) is -4.30. The summed E-state index contributed by atoms with van der Waals surface area (Å²) < 4.78 is 30.9. The minimum atomic E-state index is -4.30. The van der Waals surface area contributed by atoms with Crippen LogP contribution in [0.1, 0.15) is 11.1 Å². The van der Waals surface area contributed by atoms with Crippen molar-refractivity contribution < 1.29 is 27.9 Å². The van der Waals surface area contributed by atoms with E-state index >= 15 is 0 Å². The van der Waals surface area contributed by atoms with Crippen LogP contribution in [0.25, 0.3) is 0 Å². The van der Waals surface area contributed by atoms with Crippen molar-refractivity contribution in [1.82, 2.24) is 4.31 Å². The number of benzene rings is 2. The molecule has 138 valence electrons. The Bertz CT molecular complexity index is 849. The number of carboxylic acids is 1. The number of carboxylic acid groups (broad SMARTS) is 1. The average molecular weight is 377 g/mol. The maximum atomic E-state index is 12.6. The molecule has 0 bridgehead atoms. The molecule has 0 heterocycles. The monoisotopic (exact) mass is 377 g/mol. The molecule has 2 rings (SSSR count). The van der Waals surface area contributed by atoms with Crippen molar-refractivity contribution in [3.63, 3.8) is 0 Å². The minimum Gasteiger partial charge on any atom is -0.480 e. The van der Waals surface area contributed by atoms with E-state index in [0.717, 1.165) is 11.1 Å². The number of ether oxygens (including phenoxy) is 1. The Hall–Kier alpha value is -2.71. The second kappa shape index (κ2) is 8.59. The molecule has 2 aromatic carbocycles. The second-order valence-electron chi connectivity index (χ2n) is 5.61. The third kappa shape index (κ3) is 4.68. The van der Waals surface area contributed by atoms with E-state index in [-0.39, 0.29) is 22.2 Å². The molecule has 0 saturated carbocycles. The van der Waals surface area contributed by atoms with Crippen LogP contribution in [0.2, 0.25) is 0 Å². The second-order valence-corrected chi connectivity index (χ2v) is 7.45. The van der Waals surface area contributed by atoms with E-state index in [9.17, 15) is 23.1 Å². The van der Waals surface area contributed by atoms with Crippen LogP contribution in [0, 0.1) is 6.92 Å². The van der Waals surface area contributed by atoms with Gasteiger partial charge in [0.25, 0.3) is 10.0 Å². The summed E-state index contributed by atoms with van der Waals surface area (Å²) in [6.07, 6.45) is -0.000145. The number of hydrogen-bond donors (Lipinski definition) is 1. The lowest BCUT2D eigenvalue weighted by molar-refractivity contribution is -0.146. The number of carbonyl (C=O) groups excluding carboxylic acids is 1. The summed E-state index contributed by atoms with van der Waals surface area (Å²) in [6, 6.07) is 13.1. The zero-order valence-corrected chi connectivity index (χ0v) is 14.9. The van der Waals surface area contributed by atoms with Crippen LogP contribution in [-0.4, -0.2) is 42.9 Å². The minimum absolute atomic E-state index is 0.000145. The molecule has 26 heavy (non-hydrogen) atoms. The fourth-order valence-electron chi connectivity index (χ4n) is 2.25. The molecular formula is C18H19NO6S. The molecular weight excluding hydrogens is 358 g/mol. The van der Waals surface area contributed by atoms with Crippen molar-refractivity contribution in [3.05, 3.63) is 65.7 Å². The molecule has 1 atom stereocenters. The smallest absolute Gasteiger partial charge is 0.330 e. The Balaban J connectivity index is 2.18. The molecule has 0 saturated heterocycles. The molecule has 8 heteroatoms. The van der Waals surface area contributed by atoms with Gasteiger partial charge in [-0.1, -0.05) is 48.0 Å². The number of amides is 1. The van der Waals surface area contributed by atoms with Crippen molar-refractivity contribution >= 4 is 22.4 Å². The summed E-state index contributed by atoms with van der Waals surface area (Å²) in [5.74, 6) is -1.47. The van der Waals surface area contributed by atoms with Gasteiger partial charge in [0.05, 0.1) is 18.1 Å². The van der Waals surface area contributed by atoms with Crippen LogP contribution in [-0.2, 0) is 31.0 Å². The average Bonchev–Trinajstić information content (AvgIpc) is 2.62. The molecule has 0 aromatic heterocycles. The van der Waals surface area contributed by atoms with Gasteiger partial charge in [-0.3, -0.25) is 4.79 Å². The van der Waals surface area contributed by atoms with Crippen LogP contribution < -0.4 is 0 Å². The van der Waals surface area contributed by atoms with E-state index in [2.05, 4.69) is 0 Å². The molecule has 0 spiro atoms. The highest BCUT2D eigenvalue weighted by Gasteiger charge is 2.35. The first-order valence-electron chi connectivity index (χ1n) is 7.76. The molecule has 7 nitrogen and oxygen atoms in total. The van der Waals surface area contributed by atoms with E-state index in [4.69, 9.17) is 4.74 Å². The number of carbonyl (C=O) groups is 2. The van der Waals surface area contributed by atoms with Crippen LogP contribution in [0.15, 0.2) is 59.5 Å². The van der Waals surface area contributed by atoms with E-state index in [0.29, 0.717) is 0 Å². The SMILES string of the molecule is Cc1ccc(S(=O)(=O)N(C=O)[C@H](COCc2ccccc2)C(=O)O)cc1. The number of rotatable bonds is 9. The predicted molar refractivity (Wildman–Crippen MR) is 93.8 cm³/mol. The Morgan fingerprint density at radius 1 is 1.15 bits per heavy atom. The van der Waals surface area contributed by atoms with Crippen LogP contribution in [0.3, 0.4) is 0 Å². The van der Waals surface area contributed by atoms with Crippen molar-refractivity contribution in [2.45, 2.75) is 24.5 Å². The Morgan fingerprint density at radius 2 is 1.77 bits per heavy atom. The van der Waals surface area contributed by atoms with Gasteiger partial charge in [0.2, 0.25) is 6.41 Å². The highest BCUT2D eigenvalue weighted by atomic mass is 32.2. The molecule has 0 radical (unpaired) electrons. The molecule has 0 aliphatic rings. The van der Waals surface area contributed by atoms with E-state index < -0.39 is 28.6 Å². The summed E-state index contributed by atoms with van der Waals surface area (Å²) in [4.78, 5) is 22.8. The molecule has 0 aliphatic carbocycles. The quantitative estimate of drug-likeness (QED) is 0.669. The fraction of sp³-hybridized carbons (Fsp3) is 0.222. The van der Waals surface area contributed by atoms with Crippen LogP contribution in [0.5, 0.6) is 0 Å². The topological polar surface area (TPSA) is 101 Å². The standard InChI is InChI=1S/C18H19NO6S/c1-14-7-9-16(10-8-14)26(23,24)19(13-20)17(18(21)22)12-25-11-15-5-3-2-4-6-15/h2-10,13,17H,11-12H2,1H3,(H,21,22)/t17-/m1/s1. The zero-order chi connectivity index (χ0) is 19.2. The van der Waals surface area contributed by atoms with Crippen molar-refractivity contribution in [3.8, 4) is 0 Å². The van der Waals surface area contributed by atoms with Gasteiger partial charge >= 0.3 is 5.97 Å². The van der Waals surface area contributed by atoms with Gasteiger partial charge in [-0.25, -0.2) is 17.5 Å². The molecule has 1 amide bonds. The Kier molecular flexibility index (Phi) is 6.48. The van der Waals surface area contributed by atoms with E-state index in [1.807, 2.05) is 6.07 Å². The summed E-state index contributed by atoms with van der Waals surface area (Å²) >= 11 is 0. The highest BCUT2D eigenvalue weighted by Crippen LogP contribution is 2.18. The van der Waals surface area contributed by atoms with Gasteiger partial charge in [0, 0.05) is 0 Å². The van der Waals surface area contributed by atoms with Gasteiger partial charge in [0.1, 0.15) is 0 Å². The lowest BCUT2D eigenvalue weighted by atomic mass is 10.2. The lowest BCUT2D eigenvalue weighted by Crippen LogP contribution is -2.46. The first-order valence-corrected chi connectivity index (χ1v) is 9.20. The Labute approximate surface area is 151 Å². The fourth-order valence-corrected chi connectivity index (χ4v) is 3.57. The predicted octanol–water partition coefficient (Wildman–Crippen LogP) is 1.81. The van der Waals surface area contributed by atoms with Crippen LogP contribution in [0.4, 0.5) is 0 Å². The summed E-state index contributed by atoms with van der Waals surface area (Å²) in [6.45, 7) is 1.42. The largest absolute Gasteiger partial charge is 0.480 e. The molecule has 2 aromatic rings. The first kappa shape index (κ1) is 19.6. The summed E-state index contributed by atoms with van der Waals surface area (Å²) in [5, 5.41) is 9.38. The lowest BCUT2D eigenvalue weighted by Gasteiger charge is -2.24. The number of aryl methyl sites for hydroxylation is 1. The van der Waals surface area contributed by atoms with E-state index in [1.54, 1.807) is 43.3 Å². The van der Waals surface area contributed by atoms with Crippen molar-refractivity contribution in [1.29, 1.82) is 0 Å².